The first-order chi connectivity index (χ1) is 12.0. The Kier molecular flexibility index (Phi) is 4.79. The fourth-order valence-electron chi connectivity index (χ4n) is 2.58. The van der Waals surface area contributed by atoms with Crippen molar-refractivity contribution in [2.24, 2.45) is 5.92 Å². The number of carbonyl (C=O) groups excluding carboxylic acids is 2. The lowest BCUT2D eigenvalue weighted by atomic mass is 10.0. The van der Waals surface area contributed by atoms with E-state index in [2.05, 4.69) is 20.6 Å². The molecular formula is C19H20N4O2. The average Bonchev–Trinajstić information content (AvgIpc) is 3.07. The maximum absolute atomic E-state index is 12.6. The zero-order valence-corrected chi connectivity index (χ0v) is 14.1. The van der Waals surface area contributed by atoms with Gasteiger partial charge in [-0.05, 0) is 36.2 Å². The minimum Gasteiger partial charge on any atom is -0.345 e. The van der Waals surface area contributed by atoms with Crippen molar-refractivity contribution in [3.8, 4) is 0 Å². The molecule has 1 heterocycles. The van der Waals surface area contributed by atoms with Gasteiger partial charge >= 0.3 is 0 Å². The Balaban J connectivity index is 1.73. The molecule has 1 aromatic heterocycles. The molecule has 0 spiro atoms. The number of nitrogens with one attached hydrogen (secondary N) is 3. The Morgan fingerprint density at radius 3 is 2.56 bits per heavy atom. The lowest BCUT2D eigenvalue weighted by Gasteiger charge is -2.21. The van der Waals surface area contributed by atoms with Gasteiger partial charge in [-0.3, -0.25) is 9.59 Å². The normalized spacial score (nSPS) is 12.1. The van der Waals surface area contributed by atoms with Crippen molar-refractivity contribution in [1.82, 2.24) is 15.3 Å². The van der Waals surface area contributed by atoms with E-state index in [1.165, 1.54) is 0 Å². The first kappa shape index (κ1) is 16.7. The van der Waals surface area contributed by atoms with Gasteiger partial charge in [-0.15, -0.1) is 0 Å². The number of hydrogen-bond acceptors (Lipinski definition) is 3. The molecule has 3 aromatic rings. The summed E-state index contributed by atoms with van der Waals surface area (Å²) in [6.45, 7) is 3.79. The van der Waals surface area contributed by atoms with E-state index in [0.717, 1.165) is 11.0 Å². The maximum Gasteiger partial charge on any atom is 0.251 e. The Labute approximate surface area is 145 Å². The van der Waals surface area contributed by atoms with E-state index in [1.807, 2.05) is 32.0 Å². The maximum atomic E-state index is 12.6. The van der Waals surface area contributed by atoms with E-state index in [4.69, 9.17) is 0 Å². The van der Waals surface area contributed by atoms with Crippen molar-refractivity contribution < 1.29 is 9.59 Å². The van der Waals surface area contributed by atoms with Crippen LogP contribution in [0.1, 0.15) is 24.2 Å². The molecule has 0 bridgehead atoms. The highest BCUT2D eigenvalue weighted by Crippen LogP contribution is 2.16. The van der Waals surface area contributed by atoms with Gasteiger partial charge in [-0.1, -0.05) is 32.0 Å². The van der Waals surface area contributed by atoms with Gasteiger partial charge in [0, 0.05) is 11.3 Å². The highest BCUT2D eigenvalue weighted by Gasteiger charge is 2.24. The molecule has 0 aliphatic rings. The Morgan fingerprint density at radius 2 is 1.84 bits per heavy atom. The van der Waals surface area contributed by atoms with Gasteiger partial charge in [-0.2, -0.15) is 0 Å². The second kappa shape index (κ2) is 7.17. The van der Waals surface area contributed by atoms with Gasteiger partial charge in [0.2, 0.25) is 5.91 Å². The summed E-state index contributed by atoms with van der Waals surface area (Å²) < 4.78 is 0. The average molecular weight is 336 g/mol. The van der Waals surface area contributed by atoms with Crippen LogP contribution in [0.2, 0.25) is 0 Å². The number of amides is 2. The van der Waals surface area contributed by atoms with Crippen LogP contribution in [0.5, 0.6) is 0 Å². The predicted molar refractivity (Wildman–Crippen MR) is 97.3 cm³/mol. The number of aromatic nitrogens is 2. The lowest BCUT2D eigenvalue weighted by Crippen LogP contribution is -2.47. The molecule has 1 atom stereocenters. The first-order valence-electron chi connectivity index (χ1n) is 8.14. The molecule has 0 aliphatic carbocycles. The molecule has 2 aromatic carbocycles. The topological polar surface area (TPSA) is 86.9 Å². The molecule has 0 unspecified atom stereocenters. The number of anilines is 1. The van der Waals surface area contributed by atoms with Gasteiger partial charge in [0.05, 0.1) is 17.4 Å². The van der Waals surface area contributed by atoms with E-state index in [1.54, 1.807) is 36.7 Å². The fourth-order valence-corrected chi connectivity index (χ4v) is 2.58. The van der Waals surface area contributed by atoms with Gasteiger partial charge in [0.15, 0.2) is 0 Å². The number of benzene rings is 2. The zero-order valence-electron chi connectivity index (χ0n) is 14.1. The number of aromatic amines is 1. The van der Waals surface area contributed by atoms with Gasteiger partial charge in [-0.25, -0.2) is 4.98 Å². The van der Waals surface area contributed by atoms with Crippen LogP contribution in [0.15, 0.2) is 54.9 Å². The third-order valence-corrected chi connectivity index (χ3v) is 3.96. The molecule has 6 nitrogen and oxygen atoms in total. The number of rotatable bonds is 5. The summed E-state index contributed by atoms with van der Waals surface area (Å²) in [4.78, 5) is 32.2. The summed E-state index contributed by atoms with van der Waals surface area (Å²) in [6.07, 6.45) is 1.60. The predicted octanol–water partition coefficient (Wildman–Crippen LogP) is 2.96. The zero-order chi connectivity index (χ0) is 17.8. The lowest BCUT2D eigenvalue weighted by molar-refractivity contribution is -0.118. The van der Waals surface area contributed by atoms with E-state index in [0.29, 0.717) is 11.3 Å². The number of carbonyl (C=O) groups is 2. The molecule has 2 amide bonds. The van der Waals surface area contributed by atoms with Gasteiger partial charge in [0.25, 0.3) is 5.91 Å². The third-order valence-electron chi connectivity index (χ3n) is 3.96. The third kappa shape index (κ3) is 3.85. The second-order valence-corrected chi connectivity index (χ2v) is 6.18. The monoisotopic (exact) mass is 336 g/mol. The fraction of sp³-hybridized carbons (Fsp3) is 0.211. The van der Waals surface area contributed by atoms with Crippen molar-refractivity contribution in [1.29, 1.82) is 0 Å². The van der Waals surface area contributed by atoms with Gasteiger partial charge in [0.1, 0.15) is 6.04 Å². The Morgan fingerprint density at radius 1 is 1.08 bits per heavy atom. The quantitative estimate of drug-likeness (QED) is 0.669. The second-order valence-electron chi connectivity index (χ2n) is 6.18. The molecule has 0 radical (unpaired) electrons. The summed E-state index contributed by atoms with van der Waals surface area (Å²) in [7, 11) is 0. The highest BCUT2D eigenvalue weighted by atomic mass is 16.2. The largest absolute Gasteiger partial charge is 0.345 e. The van der Waals surface area contributed by atoms with Crippen LogP contribution in [0.4, 0.5) is 5.69 Å². The van der Waals surface area contributed by atoms with Crippen LogP contribution in [-0.4, -0.2) is 27.8 Å². The summed E-state index contributed by atoms with van der Waals surface area (Å²) in [5, 5.41) is 5.67. The Hall–Kier alpha value is -3.15. The molecule has 0 aliphatic heterocycles. The molecule has 128 valence electrons. The summed E-state index contributed by atoms with van der Waals surface area (Å²) in [5.41, 5.74) is 2.85. The van der Waals surface area contributed by atoms with E-state index < -0.39 is 6.04 Å². The van der Waals surface area contributed by atoms with E-state index >= 15 is 0 Å². The minimum atomic E-state index is -0.634. The van der Waals surface area contributed by atoms with Crippen molar-refractivity contribution in [3.63, 3.8) is 0 Å². The number of imidazole rings is 1. The summed E-state index contributed by atoms with van der Waals surface area (Å²) >= 11 is 0. The van der Waals surface area contributed by atoms with Crippen molar-refractivity contribution in [2.45, 2.75) is 19.9 Å². The number of H-pyrrole nitrogens is 1. The van der Waals surface area contributed by atoms with Crippen LogP contribution in [0, 0.1) is 5.92 Å². The summed E-state index contributed by atoms with van der Waals surface area (Å²) in [5.74, 6) is -0.569. The molecule has 0 saturated carbocycles. The highest BCUT2D eigenvalue weighted by molar-refractivity contribution is 6.01. The van der Waals surface area contributed by atoms with E-state index in [-0.39, 0.29) is 17.7 Å². The van der Waals surface area contributed by atoms with Crippen molar-refractivity contribution in [3.05, 3.63) is 60.4 Å². The molecule has 0 fully saturated rings. The first-order valence-corrected chi connectivity index (χ1v) is 8.14. The van der Waals surface area contributed by atoms with Gasteiger partial charge < -0.3 is 15.6 Å². The SMILES string of the molecule is CC(C)[C@@H](NC(=O)c1ccccc1)C(=O)Nc1ccc2nc[nH]c2c1. The molecular weight excluding hydrogens is 316 g/mol. The van der Waals surface area contributed by atoms with Crippen molar-refractivity contribution >= 4 is 28.5 Å². The van der Waals surface area contributed by atoms with Crippen LogP contribution in [0.25, 0.3) is 11.0 Å². The molecule has 3 rings (SSSR count). The van der Waals surface area contributed by atoms with Crippen molar-refractivity contribution in [2.75, 3.05) is 5.32 Å². The van der Waals surface area contributed by atoms with Crippen LogP contribution in [-0.2, 0) is 4.79 Å². The Bertz CT molecular complexity index is 887. The smallest absolute Gasteiger partial charge is 0.251 e. The molecule has 25 heavy (non-hydrogen) atoms. The molecule has 0 saturated heterocycles. The van der Waals surface area contributed by atoms with E-state index in [9.17, 15) is 9.59 Å². The van der Waals surface area contributed by atoms with Crippen LogP contribution >= 0.6 is 0 Å². The van der Waals surface area contributed by atoms with Crippen LogP contribution < -0.4 is 10.6 Å². The minimum absolute atomic E-state index is 0.0523. The van der Waals surface area contributed by atoms with Crippen LogP contribution in [0.3, 0.4) is 0 Å². The molecule has 6 heteroatoms. The number of nitrogens with zero attached hydrogens (tertiary/aromatic N) is 1. The molecule has 3 N–H and O–H groups in total. The number of fused-ring (bicyclic) bond motifs is 1. The number of hydrogen-bond donors (Lipinski definition) is 3. The summed E-state index contributed by atoms with van der Waals surface area (Å²) in [6, 6.07) is 13.7. The standard InChI is InChI=1S/C19H20N4O2/c1-12(2)17(23-18(24)13-6-4-3-5-7-13)19(25)22-14-8-9-15-16(10-14)21-11-20-15/h3-12,17H,1-2H3,(H,20,21)(H,22,25)(H,23,24)/t17-/m1/s1.